The number of carbonyl (C=O) groups is 4. The molecule has 0 aromatic heterocycles. The molecule has 2 aliphatic heterocycles. The number of fused-ring (bicyclic) bond motifs is 5. The van der Waals surface area contributed by atoms with Crippen molar-refractivity contribution in [3.05, 3.63) is 114 Å². The van der Waals surface area contributed by atoms with Gasteiger partial charge >= 0.3 is 0 Å². The number of imide groups is 2. The zero-order chi connectivity index (χ0) is 34.4. The zero-order valence-electron chi connectivity index (χ0n) is 25.9. The number of halogens is 3. The van der Waals surface area contributed by atoms with E-state index < -0.39 is 57.0 Å². The maximum Gasteiger partial charge on any atom is 0.258 e. The number of rotatable bonds is 5. The van der Waals surface area contributed by atoms with Crippen LogP contribution in [0.25, 0.3) is 10.8 Å². The fraction of sp³-hybridized carbons (Fsp3) is 0.263. The van der Waals surface area contributed by atoms with Gasteiger partial charge in [-0.05, 0) is 84.0 Å². The summed E-state index contributed by atoms with van der Waals surface area (Å²) in [4.78, 5) is 55.0. The molecule has 1 saturated carbocycles. The Morgan fingerprint density at radius 2 is 1.53 bits per heavy atom. The van der Waals surface area contributed by atoms with E-state index in [1.54, 1.807) is 30.3 Å². The highest BCUT2D eigenvalue weighted by Gasteiger charge is 2.77. The smallest absolute Gasteiger partial charge is 0.258 e. The SMILES string of the molecule is O=C1C2CC=C3C(CC4(Cl)C(=O)N(c5ccc(F)cc5)C(=O)C4(Cl)C3c3c(O)ccc4ccccc34)C2C(=O)N1CCc1ccc(O)cc1. The van der Waals surface area contributed by atoms with Gasteiger partial charge in [-0.1, -0.05) is 54.1 Å². The summed E-state index contributed by atoms with van der Waals surface area (Å²) in [6.07, 6.45) is 2.16. The number of allylic oxidation sites excluding steroid dienone is 2. The van der Waals surface area contributed by atoms with Gasteiger partial charge in [0, 0.05) is 18.0 Å². The molecule has 4 amide bonds. The summed E-state index contributed by atoms with van der Waals surface area (Å²) in [6.45, 7) is 0.117. The van der Waals surface area contributed by atoms with E-state index in [-0.39, 0.29) is 48.0 Å². The molecule has 3 fully saturated rings. The van der Waals surface area contributed by atoms with Crippen molar-refractivity contribution in [1.29, 1.82) is 0 Å². The standard InChI is InChI=1S/C38H29Cl2FN2O6/c39-37-19-28-26(14-15-27-30(28)34(47)42(33(27)46)18-17-20-5-12-24(44)13-6-20)32(31-25-4-2-1-3-21(25)7-16-29(31)45)38(37,40)36(49)43(35(37)48)23-10-8-22(41)9-11-23/h1-14,16,27-28,30,32,44-45H,15,17-19H2. The monoisotopic (exact) mass is 698 g/mol. The van der Waals surface area contributed by atoms with Gasteiger partial charge in [0.1, 0.15) is 17.3 Å². The number of hydrogen-bond acceptors (Lipinski definition) is 6. The number of anilines is 1. The van der Waals surface area contributed by atoms with Crippen LogP contribution in [0.5, 0.6) is 11.5 Å². The van der Waals surface area contributed by atoms with E-state index >= 15 is 0 Å². The molecule has 0 spiro atoms. The summed E-state index contributed by atoms with van der Waals surface area (Å²) in [5.74, 6) is -6.57. The lowest BCUT2D eigenvalue weighted by molar-refractivity contribution is -0.140. The first kappa shape index (κ1) is 31.5. The molecular formula is C38H29Cl2FN2O6. The number of alkyl halides is 2. The van der Waals surface area contributed by atoms with Crippen LogP contribution >= 0.6 is 23.2 Å². The largest absolute Gasteiger partial charge is 0.508 e. The van der Waals surface area contributed by atoms with Gasteiger partial charge in [-0.2, -0.15) is 0 Å². The van der Waals surface area contributed by atoms with Gasteiger partial charge in [0.15, 0.2) is 9.75 Å². The van der Waals surface area contributed by atoms with Crippen LogP contribution in [0.15, 0.2) is 96.6 Å². The fourth-order valence-corrected chi connectivity index (χ4v) is 9.41. The molecule has 4 aliphatic rings. The van der Waals surface area contributed by atoms with Crippen LogP contribution in [0.4, 0.5) is 10.1 Å². The van der Waals surface area contributed by atoms with Crippen LogP contribution in [0.1, 0.15) is 29.9 Å². The second kappa shape index (κ2) is 11.1. The molecule has 2 aliphatic carbocycles. The Bertz CT molecular complexity index is 2120. The molecule has 6 unspecified atom stereocenters. The van der Waals surface area contributed by atoms with Gasteiger partial charge in [-0.25, -0.2) is 9.29 Å². The summed E-state index contributed by atoms with van der Waals surface area (Å²) in [5.41, 5.74) is 1.76. The van der Waals surface area contributed by atoms with Crippen molar-refractivity contribution in [2.24, 2.45) is 17.8 Å². The second-order valence-electron chi connectivity index (χ2n) is 13.2. The van der Waals surface area contributed by atoms with E-state index in [9.17, 15) is 33.8 Å². The first-order valence-electron chi connectivity index (χ1n) is 16.0. The van der Waals surface area contributed by atoms with Gasteiger partial charge in [-0.15, -0.1) is 23.2 Å². The molecule has 0 bridgehead atoms. The van der Waals surface area contributed by atoms with Crippen molar-refractivity contribution in [3.8, 4) is 11.5 Å². The number of carbonyl (C=O) groups excluding carboxylic acids is 4. The molecule has 2 N–H and O–H groups in total. The minimum Gasteiger partial charge on any atom is -0.508 e. The molecule has 11 heteroatoms. The summed E-state index contributed by atoms with van der Waals surface area (Å²) < 4.78 is 13.9. The van der Waals surface area contributed by atoms with E-state index in [1.165, 1.54) is 35.2 Å². The second-order valence-corrected chi connectivity index (χ2v) is 14.5. The van der Waals surface area contributed by atoms with Crippen molar-refractivity contribution in [2.75, 3.05) is 11.4 Å². The Labute approximate surface area is 290 Å². The number of phenols is 2. The van der Waals surface area contributed by atoms with Crippen LogP contribution in [0.3, 0.4) is 0 Å². The summed E-state index contributed by atoms with van der Waals surface area (Å²) >= 11 is 15.0. The van der Waals surface area contributed by atoms with Gasteiger partial charge in [0.2, 0.25) is 11.8 Å². The van der Waals surface area contributed by atoms with E-state index in [4.69, 9.17) is 23.2 Å². The highest BCUT2D eigenvalue weighted by molar-refractivity contribution is 6.58. The zero-order valence-corrected chi connectivity index (χ0v) is 27.4. The van der Waals surface area contributed by atoms with E-state index in [0.717, 1.165) is 28.0 Å². The van der Waals surface area contributed by atoms with E-state index in [1.807, 2.05) is 18.2 Å². The summed E-state index contributed by atoms with van der Waals surface area (Å²) in [5, 5.41) is 22.5. The van der Waals surface area contributed by atoms with Gasteiger partial charge in [-0.3, -0.25) is 24.1 Å². The third-order valence-corrected chi connectivity index (χ3v) is 12.2. The van der Waals surface area contributed by atoms with Gasteiger partial charge in [0.25, 0.3) is 11.8 Å². The topological polar surface area (TPSA) is 115 Å². The quantitative estimate of drug-likeness (QED) is 0.146. The molecule has 8 rings (SSSR count). The van der Waals surface area contributed by atoms with E-state index in [0.29, 0.717) is 17.4 Å². The molecule has 2 heterocycles. The highest BCUT2D eigenvalue weighted by atomic mass is 35.5. The Hall–Kier alpha value is -4.73. The lowest BCUT2D eigenvalue weighted by Crippen LogP contribution is -2.60. The van der Waals surface area contributed by atoms with Crippen LogP contribution < -0.4 is 4.90 Å². The van der Waals surface area contributed by atoms with Crippen LogP contribution in [-0.4, -0.2) is 55.0 Å². The Morgan fingerprint density at radius 1 is 0.816 bits per heavy atom. The fourth-order valence-electron chi connectivity index (χ4n) is 8.49. The third kappa shape index (κ3) is 4.41. The molecule has 2 saturated heterocycles. The normalized spacial score (nSPS) is 29.2. The van der Waals surface area contributed by atoms with Crippen molar-refractivity contribution in [1.82, 2.24) is 4.90 Å². The highest BCUT2D eigenvalue weighted by Crippen LogP contribution is 2.67. The number of amides is 4. The van der Waals surface area contributed by atoms with Crippen LogP contribution in [0, 0.1) is 23.6 Å². The Kier molecular flexibility index (Phi) is 7.18. The molecule has 248 valence electrons. The molecule has 4 aromatic rings. The minimum absolute atomic E-state index is 0.0779. The summed E-state index contributed by atoms with van der Waals surface area (Å²) in [6, 6.07) is 21.8. The van der Waals surface area contributed by atoms with Crippen molar-refractivity contribution in [2.45, 2.75) is 34.9 Å². The first-order chi connectivity index (χ1) is 23.5. The Balaban J connectivity index is 1.27. The lowest BCUT2D eigenvalue weighted by atomic mass is 9.56. The number of benzene rings is 4. The number of aromatic hydroxyl groups is 2. The third-order valence-electron chi connectivity index (χ3n) is 10.8. The number of phenolic OH excluding ortho intramolecular Hbond substituents is 2. The van der Waals surface area contributed by atoms with Crippen molar-refractivity contribution in [3.63, 3.8) is 0 Å². The van der Waals surface area contributed by atoms with Crippen molar-refractivity contribution >= 4 is 63.3 Å². The van der Waals surface area contributed by atoms with Crippen LogP contribution in [0.2, 0.25) is 0 Å². The van der Waals surface area contributed by atoms with Gasteiger partial charge in [0.05, 0.1) is 17.5 Å². The first-order valence-corrected chi connectivity index (χ1v) is 16.8. The molecule has 6 atom stereocenters. The van der Waals surface area contributed by atoms with Crippen LogP contribution in [-0.2, 0) is 25.6 Å². The predicted octanol–water partition coefficient (Wildman–Crippen LogP) is 6.20. The molecule has 0 radical (unpaired) electrons. The maximum absolute atomic E-state index is 14.6. The van der Waals surface area contributed by atoms with E-state index in [2.05, 4.69) is 0 Å². The average Bonchev–Trinajstić information content (AvgIpc) is 3.42. The number of hydrogen-bond donors (Lipinski definition) is 2. The average molecular weight is 700 g/mol. The molecule has 49 heavy (non-hydrogen) atoms. The molecule has 4 aromatic carbocycles. The predicted molar refractivity (Wildman–Crippen MR) is 181 cm³/mol. The summed E-state index contributed by atoms with van der Waals surface area (Å²) in [7, 11) is 0. The van der Waals surface area contributed by atoms with Crippen molar-refractivity contribution < 1.29 is 33.8 Å². The Morgan fingerprint density at radius 3 is 2.27 bits per heavy atom. The number of likely N-dealkylation sites (tertiary alicyclic amines) is 1. The lowest BCUT2D eigenvalue weighted by Gasteiger charge is -2.51. The maximum atomic E-state index is 14.6. The minimum atomic E-state index is -2.17. The molecular weight excluding hydrogens is 670 g/mol. The molecule has 8 nitrogen and oxygen atoms in total. The number of nitrogens with zero attached hydrogens (tertiary/aromatic N) is 2. The van der Waals surface area contributed by atoms with Gasteiger partial charge < -0.3 is 10.2 Å².